The number of aromatic nitrogens is 3. The van der Waals surface area contributed by atoms with Gasteiger partial charge in [-0.25, -0.2) is 22.8 Å². The first-order valence-corrected chi connectivity index (χ1v) is 10.5. The third-order valence-corrected chi connectivity index (χ3v) is 5.70. The summed E-state index contributed by atoms with van der Waals surface area (Å²) in [6.45, 7) is 0. The molecule has 0 aliphatic rings. The molecule has 4 aromatic rings. The monoisotopic (exact) mass is 437 g/mol. The second-order valence-electron chi connectivity index (χ2n) is 6.44. The average molecular weight is 437 g/mol. The van der Waals surface area contributed by atoms with Crippen LogP contribution in [0.15, 0.2) is 90.5 Å². The highest BCUT2D eigenvalue weighted by molar-refractivity contribution is 7.92. The molecule has 8 nitrogen and oxygen atoms in total. The fourth-order valence-corrected chi connectivity index (χ4v) is 3.81. The molecule has 2 heterocycles. The first kappa shape index (κ1) is 20.2. The van der Waals surface area contributed by atoms with Crippen molar-refractivity contribution in [3.05, 3.63) is 97.0 Å². The van der Waals surface area contributed by atoms with Gasteiger partial charge in [0.15, 0.2) is 0 Å². The van der Waals surface area contributed by atoms with Crippen LogP contribution in [0, 0.1) is 5.82 Å². The van der Waals surface area contributed by atoms with E-state index in [1.807, 2.05) is 0 Å². The van der Waals surface area contributed by atoms with E-state index in [2.05, 4.69) is 20.0 Å². The Morgan fingerprint density at radius 1 is 1.00 bits per heavy atom. The minimum absolute atomic E-state index is 0.0985. The number of pyridine rings is 1. The molecular weight excluding hydrogens is 421 g/mol. The van der Waals surface area contributed by atoms with Gasteiger partial charge in [-0.05, 0) is 48.5 Å². The molecule has 156 valence electrons. The SMILES string of the molecule is O=C(Nc1ccc(-n2ccnc2)nc1)c1ccc(S(=O)(=O)Nc2ccccc2F)cc1. The number of anilines is 2. The summed E-state index contributed by atoms with van der Waals surface area (Å²) in [6, 6.07) is 14.2. The summed E-state index contributed by atoms with van der Waals surface area (Å²) in [7, 11) is -4.00. The van der Waals surface area contributed by atoms with Gasteiger partial charge in [0.1, 0.15) is 18.0 Å². The highest BCUT2D eigenvalue weighted by atomic mass is 32.2. The molecule has 0 fully saturated rings. The van der Waals surface area contributed by atoms with Gasteiger partial charge in [0.25, 0.3) is 15.9 Å². The molecule has 0 spiro atoms. The first-order chi connectivity index (χ1) is 14.9. The van der Waals surface area contributed by atoms with E-state index in [0.29, 0.717) is 11.5 Å². The van der Waals surface area contributed by atoms with Gasteiger partial charge >= 0.3 is 0 Å². The topological polar surface area (TPSA) is 106 Å². The number of benzene rings is 2. The summed E-state index contributed by atoms with van der Waals surface area (Å²) in [6.07, 6.45) is 6.49. The molecule has 0 bridgehead atoms. The van der Waals surface area contributed by atoms with E-state index in [0.717, 1.165) is 6.07 Å². The minimum Gasteiger partial charge on any atom is -0.321 e. The van der Waals surface area contributed by atoms with Crippen molar-refractivity contribution < 1.29 is 17.6 Å². The summed E-state index contributed by atoms with van der Waals surface area (Å²) in [5, 5.41) is 2.70. The number of nitrogens with one attached hydrogen (secondary N) is 2. The summed E-state index contributed by atoms with van der Waals surface area (Å²) in [5.41, 5.74) is 0.575. The van der Waals surface area contributed by atoms with Crippen molar-refractivity contribution >= 4 is 27.3 Å². The van der Waals surface area contributed by atoms with Crippen LogP contribution in [0.3, 0.4) is 0 Å². The third-order valence-electron chi connectivity index (χ3n) is 4.32. The first-order valence-electron chi connectivity index (χ1n) is 9.05. The predicted octanol–water partition coefficient (Wildman–Crippen LogP) is 3.46. The van der Waals surface area contributed by atoms with Gasteiger partial charge in [-0.3, -0.25) is 14.1 Å². The number of sulfonamides is 1. The molecule has 0 unspecified atom stereocenters. The van der Waals surface area contributed by atoms with E-state index in [1.54, 1.807) is 35.4 Å². The highest BCUT2D eigenvalue weighted by Gasteiger charge is 2.17. The third kappa shape index (κ3) is 4.59. The summed E-state index contributed by atoms with van der Waals surface area (Å²) < 4.78 is 42.6. The molecule has 1 amide bonds. The van der Waals surface area contributed by atoms with E-state index in [1.165, 1.54) is 48.7 Å². The van der Waals surface area contributed by atoms with Crippen LogP contribution < -0.4 is 10.0 Å². The molecule has 2 N–H and O–H groups in total. The number of para-hydroxylation sites is 1. The minimum atomic E-state index is -4.00. The van der Waals surface area contributed by atoms with Crippen molar-refractivity contribution in [1.82, 2.24) is 14.5 Å². The van der Waals surface area contributed by atoms with Crippen LogP contribution in [0.5, 0.6) is 0 Å². The van der Waals surface area contributed by atoms with Crippen molar-refractivity contribution in [3.8, 4) is 5.82 Å². The van der Waals surface area contributed by atoms with Gasteiger partial charge < -0.3 is 5.32 Å². The van der Waals surface area contributed by atoms with Crippen molar-refractivity contribution in [2.24, 2.45) is 0 Å². The number of rotatable bonds is 6. The van der Waals surface area contributed by atoms with E-state index >= 15 is 0 Å². The Hall–Kier alpha value is -4.05. The molecular formula is C21H16FN5O3S. The van der Waals surface area contributed by atoms with Crippen LogP contribution >= 0.6 is 0 Å². The van der Waals surface area contributed by atoms with E-state index < -0.39 is 21.7 Å². The summed E-state index contributed by atoms with van der Waals surface area (Å²) in [5.74, 6) is -0.467. The highest BCUT2D eigenvalue weighted by Crippen LogP contribution is 2.19. The van der Waals surface area contributed by atoms with Gasteiger partial charge in [0, 0.05) is 18.0 Å². The molecule has 31 heavy (non-hydrogen) atoms. The number of amides is 1. The number of carbonyl (C=O) groups excluding carboxylic acids is 1. The van der Waals surface area contributed by atoms with Crippen LogP contribution in [-0.4, -0.2) is 28.9 Å². The Morgan fingerprint density at radius 2 is 1.77 bits per heavy atom. The molecule has 2 aromatic carbocycles. The molecule has 10 heteroatoms. The van der Waals surface area contributed by atoms with Crippen LogP contribution in [0.1, 0.15) is 10.4 Å². The molecule has 2 aromatic heterocycles. The molecule has 0 saturated heterocycles. The van der Waals surface area contributed by atoms with Gasteiger partial charge in [0.05, 0.1) is 22.5 Å². The number of hydrogen-bond acceptors (Lipinski definition) is 5. The standard InChI is InChI=1S/C21H16FN5O3S/c22-18-3-1-2-4-19(18)26-31(29,30)17-8-5-15(6-9-17)21(28)25-16-7-10-20(24-13-16)27-12-11-23-14-27/h1-14,26H,(H,25,28). The van der Waals surface area contributed by atoms with Gasteiger partial charge in [-0.15, -0.1) is 0 Å². The lowest BCUT2D eigenvalue weighted by molar-refractivity contribution is 0.102. The fourth-order valence-electron chi connectivity index (χ4n) is 2.74. The quantitative estimate of drug-likeness (QED) is 0.481. The van der Waals surface area contributed by atoms with Gasteiger partial charge in [-0.1, -0.05) is 12.1 Å². The van der Waals surface area contributed by atoms with Crippen LogP contribution in [0.2, 0.25) is 0 Å². The van der Waals surface area contributed by atoms with Crippen LogP contribution in [0.4, 0.5) is 15.8 Å². The fraction of sp³-hybridized carbons (Fsp3) is 0. The lowest BCUT2D eigenvalue weighted by Gasteiger charge is -2.10. The second-order valence-corrected chi connectivity index (χ2v) is 8.12. The van der Waals surface area contributed by atoms with Crippen molar-refractivity contribution in [2.45, 2.75) is 4.90 Å². The van der Waals surface area contributed by atoms with E-state index in [4.69, 9.17) is 0 Å². The molecule has 0 aliphatic heterocycles. The normalized spacial score (nSPS) is 11.1. The number of halogens is 1. The largest absolute Gasteiger partial charge is 0.321 e. The summed E-state index contributed by atoms with van der Waals surface area (Å²) in [4.78, 5) is 20.6. The predicted molar refractivity (Wildman–Crippen MR) is 113 cm³/mol. The molecule has 0 radical (unpaired) electrons. The molecule has 0 saturated carbocycles. The van der Waals surface area contributed by atoms with Crippen LogP contribution in [0.25, 0.3) is 5.82 Å². The number of carbonyl (C=O) groups is 1. The Bertz CT molecular complexity index is 1310. The van der Waals surface area contributed by atoms with Crippen molar-refractivity contribution in [2.75, 3.05) is 10.0 Å². The lowest BCUT2D eigenvalue weighted by atomic mass is 10.2. The van der Waals surface area contributed by atoms with Crippen molar-refractivity contribution in [1.29, 1.82) is 0 Å². The zero-order chi connectivity index (χ0) is 21.8. The molecule has 0 atom stereocenters. The Labute approximate surface area is 177 Å². The molecule has 4 rings (SSSR count). The average Bonchev–Trinajstić information content (AvgIpc) is 3.31. The van der Waals surface area contributed by atoms with Gasteiger partial charge in [-0.2, -0.15) is 0 Å². The lowest BCUT2D eigenvalue weighted by Crippen LogP contribution is -2.15. The Balaban J connectivity index is 1.45. The maximum atomic E-state index is 13.7. The van der Waals surface area contributed by atoms with E-state index in [-0.39, 0.29) is 16.1 Å². The smallest absolute Gasteiger partial charge is 0.261 e. The van der Waals surface area contributed by atoms with Gasteiger partial charge in [0.2, 0.25) is 0 Å². The van der Waals surface area contributed by atoms with Crippen molar-refractivity contribution in [3.63, 3.8) is 0 Å². The van der Waals surface area contributed by atoms with Crippen LogP contribution in [-0.2, 0) is 10.0 Å². The Kier molecular flexibility index (Phi) is 5.46. The maximum absolute atomic E-state index is 13.7. The summed E-state index contributed by atoms with van der Waals surface area (Å²) >= 11 is 0. The second kappa shape index (κ2) is 8.36. The Morgan fingerprint density at radius 3 is 2.42 bits per heavy atom. The zero-order valence-electron chi connectivity index (χ0n) is 15.9. The number of imidazole rings is 1. The van der Waals surface area contributed by atoms with E-state index in [9.17, 15) is 17.6 Å². The number of nitrogens with zero attached hydrogens (tertiary/aromatic N) is 3. The maximum Gasteiger partial charge on any atom is 0.261 e. The number of hydrogen-bond donors (Lipinski definition) is 2. The zero-order valence-corrected chi connectivity index (χ0v) is 16.8. The molecule has 0 aliphatic carbocycles.